The maximum atomic E-state index is 5.22. The van der Waals surface area contributed by atoms with Gasteiger partial charge in [-0.15, -0.1) is 15.3 Å². The van der Waals surface area contributed by atoms with Gasteiger partial charge in [0.2, 0.25) is 5.88 Å². The number of nitrogens with zero attached hydrogens (tertiary/aromatic N) is 5. The van der Waals surface area contributed by atoms with E-state index in [4.69, 9.17) is 4.74 Å². The predicted molar refractivity (Wildman–Crippen MR) is 83.1 cm³/mol. The molecule has 2 fully saturated rings. The number of piperidine rings is 1. The lowest BCUT2D eigenvalue weighted by atomic mass is 9.84. The highest BCUT2D eigenvalue weighted by Gasteiger charge is 2.27. The Bertz CT molecular complexity index is 643. The number of methoxy groups -OCH3 is 1. The van der Waals surface area contributed by atoms with Gasteiger partial charge in [-0.1, -0.05) is 6.42 Å². The molecule has 3 heterocycles. The van der Waals surface area contributed by atoms with Crippen molar-refractivity contribution in [2.45, 2.75) is 38.0 Å². The van der Waals surface area contributed by atoms with E-state index in [0.717, 1.165) is 30.2 Å². The van der Waals surface area contributed by atoms with Crippen LogP contribution in [0.3, 0.4) is 0 Å². The summed E-state index contributed by atoms with van der Waals surface area (Å²) in [5.41, 5.74) is 0.799. The molecule has 0 N–H and O–H groups in total. The van der Waals surface area contributed by atoms with Gasteiger partial charge in [0.15, 0.2) is 11.5 Å². The minimum atomic E-state index is 0.451. The molecule has 0 spiro atoms. The van der Waals surface area contributed by atoms with Crippen LogP contribution < -0.4 is 4.74 Å². The monoisotopic (exact) mass is 301 g/mol. The van der Waals surface area contributed by atoms with E-state index in [9.17, 15) is 0 Å². The number of rotatable bonds is 4. The van der Waals surface area contributed by atoms with Crippen LogP contribution >= 0.6 is 0 Å². The van der Waals surface area contributed by atoms with Crippen molar-refractivity contribution in [1.29, 1.82) is 0 Å². The highest BCUT2D eigenvalue weighted by molar-refractivity contribution is 5.38. The molecule has 0 atom stereocenters. The van der Waals surface area contributed by atoms with Gasteiger partial charge >= 0.3 is 0 Å². The third kappa shape index (κ3) is 2.56. The van der Waals surface area contributed by atoms with E-state index >= 15 is 0 Å². The summed E-state index contributed by atoms with van der Waals surface area (Å²) in [6, 6.07) is 3.74. The second-order valence-corrected chi connectivity index (χ2v) is 6.58. The second-order valence-electron chi connectivity index (χ2n) is 6.58. The van der Waals surface area contributed by atoms with Crippen molar-refractivity contribution < 1.29 is 4.74 Å². The van der Waals surface area contributed by atoms with Crippen LogP contribution in [0.25, 0.3) is 5.65 Å². The third-order valence-corrected chi connectivity index (χ3v) is 5.17. The van der Waals surface area contributed by atoms with Crippen LogP contribution in [0.2, 0.25) is 0 Å². The largest absolute Gasteiger partial charge is 0.480 e. The molecule has 22 heavy (non-hydrogen) atoms. The number of ether oxygens (including phenoxy) is 1. The van der Waals surface area contributed by atoms with Crippen LogP contribution in [0.5, 0.6) is 5.88 Å². The number of hydrogen-bond donors (Lipinski definition) is 0. The maximum absolute atomic E-state index is 5.22. The first-order chi connectivity index (χ1) is 10.8. The van der Waals surface area contributed by atoms with E-state index in [2.05, 4.69) is 20.2 Å². The maximum Gasteiger partial charge on any atom is 0.231 e. The van der Waals surface area contributed by atoms with Crippen molar-refractivity contribution >= 4 is 5.65 Å². The molecule has 118 valence electrons. The molecule has 6 nitrogen and oxygen atoms in total. The molecule has 0 unspecified atom stereocenters. The van der Waals surface area contributed by atoms with Crippen molar-refractivity contribution in [2.24, 2.45) is 5.92 Å². The van der Waals surface area contributed by atoms with Gasteiger partial charge in [0.1, 0.15) is 0 Å². The van der Waals surface area contributed by atoms with Crippen molar-refractivity contribution in [3.8, 4) is 5.88 Å². The molecule has 1 aliphatic carbocycles. The summed E-state index contributed by atoms with van der Waals surface area (Å²) in [6.07, 6.45) is 6.58. The van der Waals surface area contributed by atoms with Gasteiger partial charge < -0.3 is 9.64 Å². The highest BCUT2D eigenvalue weighted by Crippen LogP contribution is 2.31. The molecular formula is C16H23N5O. The Kier molecular flexibility index (Phi) is 3.70. The van der Waals surface area contributed by atoms with E-state index < -0.39 is 0 Å². The lowest BCUT2D eigenvalue weighted by Crippen LogP contribution is -2.38. The van der Waals surface area contributed by atoms with E-state index in [1.165, 1.54) is 38.9 Å². The highest BCUT2D eigenvalue weighted by atomic mass is 16.5. The third-order valence-electron chi connectivity index (χ3n) is 5.17. The Labute approximate surface area is 130 Å². The number of fused-ring (bicyclic) bond motifs is 1. The summed E-state index contributed by atoms with van der Waals surface area (Å²) in [4.78, 5) is 2.62. The van der Waals surface area contributed by atoms with E-state index in [0.29, 0.717) is 11.8 Å². The minimum absolute atomic E-state index is 0.451. The number of hydrogen-bond acceptors (Lipinski definition) is 5. The summed E-state index contributed by atoms with van der Waals surface area (Å²) in [6.45, 7) is 3.62. The summed E-state index contributed by atoms with van der Waals surface area (Å²) in [5.74, 6) is 3.00. The number of aromatic nitrogens is 4. The van der Waals surface area contributed by atoms with Crippen LogP contribution in [0.15, 0.2) is 12.1 Å². The molecule has 0 radical (unpaired) electrons. The zero-order chi connectivity index (χ0) is 14.9. The fourth-order valence-corrected chi connectivity index (χ4v) is 3.57. The van der Waals surface area contributed by atoms with Gasteiger partial charge in [0.25, 0.3) is 0 Å². The number of likely N-dealkylation sites (tertiary alicyclic amines) is 1. The molecule has 0 bridgehead atoms. The van der Waals surface area contributed by atoms with Crippen LogP contribution in [0.1, 0.15) is 43.8 Å². The molecule has 1 saturated carbocycles. The van der Waals surface area contributed by atoms with Crippen molar-refractivity contribution in [2.75, 3.05) is 26.7 Å². The quantitative estimate of drug-likeness (QED) is 0.865. The molecule has 1 aliphatic heterocycles. The smallest absolute Gasteiger partial charge is 0.231 e. The standard InChI is InChI=1S/C16H23N5O/c1-22-15-6-5-14-17-18-16(21(14)19-15)13-7-9-20(10-8-13)11-12-3-2-4-12/h5-6,12-13H,2-4,7-11H2,1H3. The average Bonchev–Trinajstić information content (AvgIpc) is 2.94. The van der Waals surface area contributed by atoms with Crippen molar-refractivity contribution in [1.82, 2.24) is 24.7 Å². The first-order valence-corrected chi connectivity index (χ1v) is 8.32. The molecule has 1 saturated heterocycles. The van der Waals surface area contributed by atoms with E-state index in [-0.39, 0.29) is 0 Å². The molecule has 2 aromatic heterocycles. The Morgan fingerprint density at radius 3 is 2.64 bits per heavy atom. The topological polar surface area (TPSA) is 55.6 Å². The summed E-state index contributed by atoms with van der Waals surface area (Å²) in [7, 11) is 1.64. The van der Waals surface area contributed by atoms with Gasteiger partial charge in [-0.05, 0) is 50.8 Å². The van der Waals surface area contributed by atoms with Crippen LogP contribution in [-0.2, 0) is 0 Å². The van der Waals surface area contributed by atoms with Gasteiger partial charge in [-0.25, -0.2) is 0 Å². The van der Waals surface area contributed by atoms with Crippen molar-refractivity contribution in [3.05, 3.63) is 18.0 Å². The Morgan fingerprint density at radius 2 is 1.95 bits per heavy atom. The Balaban J connectivity index is 1.46. The lowest BCUT2D eigenvalue weighted by molar-refractivity contribution is 0.145. The molecular weight excluding hydrogens is 278 g/mol. The molecule has 2 aliphatic rings. The summed E-state index contributed by atoms with van der Waals surface area (Å²) >= 11 is 0. The fourth-order valence-electron chi connectivity index (χ4n) is 3.57. The van der Waals surface area contributed by atoms with Gasteiger partial charge in [-0.3, -0.25) is 0 Å². The summed E-state index contributed by atoms with van der Waals surface area (Å²) in [5, 5.41) is 13.1. The lowest BCUT2D eigenvalue weighted by Gasteiger charge is -2.36. The van der Waals surface area contributed by atoms with Crippen LogP contribution in [-0.4, -0.2) is 51.5 Å². The Morgan fingerprint density at radius 1 is 1.14 bits per heavy atom. The van der Waals surface area contributed by atoms with Crippen molar-refractivity contribution in [3.63, 3.8) is 0 Å². The molecule has 4 rings (SSSR count). The SMILES string of the molecule is COc1ccc2nnc(C3CCN(CC4CCC4)CC3)n2n1. The van der Waals surface area contributed by atoms with Gasteiger partial charge in [0, 0.05) is 18.5 Å². The van der Waals surface area contributed by atoms with E-state index in [1.807, 2.05) is 16.6 Å². The normalized spacial score (nSPS) is 21.1. The summed E-state index contributed by atoms with van der Waals surface area (Å²) < 4.78 is 7.07. The van der Waals surface area contributed by atoms with Gasteiger partial charge in [-0.2, -0.15) is 4.52 Å². The Hall–Kier alpha value is -1.69. The first-order valence-electron chi connectivity index (χ1n) is 8.32. The minimum Gasteiger partial charge on any atom is -0.480 e. The molecule has 0 amide bonds. The first kappa shape index (κ1) is 13.9. The zero-order valence-corrected chi connectivity index (χ0v) is 13.1. The fraction of sp³-hybridized carbons (Fsp3) is 0.688. The van der Waals surface area contributed by atoms with Gasteiger partial charge in [0.05, 0.1) is 7.11 Å². The van der Waals surface area contributed by atoms with Crippen LogP contribution in [0, 0.1) is 5.92 Å². The molecule has 0 aromatic carbocycles. The second kappa shape index (κ2) is 5.83. The molecule has 2 aromatic rings. The predicted octanol–water partition coefficient (Wildman–Crippen LogP) is 2.11. The van der Waals surface area contributed by atoms with Crippen LogP contribution in [0.4, 0.5) is 0 Å². The zero-order valence-electron chi connectivity index (χ0n) is 13.1. The van der Waals surface area contributed by atoms with E-state index in [1.54, 1.807) is 7.11 Å². The molecule has 6 heteroatoms. The average molecular weight is 301 g/mol.